The molecule has 8 heteroatoms. The van der Waals surface area contributed by atoms with Crippen LogP contribution < -0.4 is 5.32 Å². The Morgan fingerprint density at radius 2 is 1.52 bits per heavy atom. The van der Waals surface area contributed by atoms with Crippen LogP contribution in [0.2, 0.25) is 0 Å². The van der Waals surface area contributed by atoms with Gasteiger partial charge in [0.15, 0.2) is 0 Å². The lowest BCUT2D eigenvalue weighted by atomic mass is 9.88. The van der Waals surface area contributed by atoms with Gasteiger partial charge in [-0.3, -0.25) is 9.59 Å². The zero-order valence-corrected chi connectivity index (χ0v) is 20.5. The molecule has 0 spiro atoms. The van der Waals surface area contributed by atoms with Crippen LogP contribution in [0.5, 0.6) is 0 Å². The minimum absolute atomic E-state index is 0.107. The maximum atomic E-state index is 13.3. The molecule has 1 N–H and O–H groups in total. The number of carbonyl (C=O) groups is 2. The summed E-state index contributed by atoms with van der Waals surface area (Å²) in [6.07, 6.45) is 9.74. The summed E-state index contributed by atoms with van der Waals surface area (Å²) < 4.78 is 27.7. The average molecular weight is 476 g/mol. The van der Waals surface area contributed by atoms with Gasteiger partial charge in [-0.2, -0.15) is 4.31 Å². The first-order valence-electron chi connectivity index (χ1n) is 12.6. The number of hydrogen-bond acceptors (Lipinski definition) is 4. The molecular formula is C25H37N3O4S. The maximum Gasteiger partial charge on any atom is 0.254 e. The first-order chi connectivity index (χ1) is 15.9. The Morgan fingerprint density at radius 1 is 0.879 bits per heavy atom. The van der Waals surface area contributed by atoms with Crippen molar-refractivity contribution in [2.75, 3.05) is 26.2 Å². The molecule has 0 aromatic heterocycles. The molecule has 1 aromatic carbocycles. The van der Waals surface area contributed by atoms with Crippen molar-refractivity contribution in [3.8, 4) is 0 Å². The van der Waals surface area contributed by atoms with E-state index in [2.05, 4.69) is 5.32 Å². The predicted octanol–water partition coefficient (Wildman–Crippen LogP) is 3.47. The minimum atomic E-state index is -3.58. The average Bonchev–Trinajstić information content (AvgIpc) is 2.85. The molecular weight excluding hydrogens is 438 g/mol. The number of nitrogens with one attached hydrogen (secondary N) is 1. The van der Waals surface area contributed by atoms with Gasteiger partial charge in [0, 0.05) is 43.7 Å². The number of hydrogen-bond donors (Lipinski definition) is 1. The minimum Gasteiger partial charge on any atom is -0.353 e. The lowest BCUT2D eigenvalue weighted by molar-refractivity contribution is -0.126. The van der Waals surface area contributed by atoms with Gasteiger partial charge in [-0.25, -0.2) is 8.42 Å². The Labute approximate surface area is 198 Å². The van der Waals surface area contributed by atoms with Crippen LogP contribution >= 0.6 is 0 Å². The summed E-state index contributed by atoms with van der Waals surface area (Å²) in [6.45, 7) is 4.06. The van der Waals surface area contributed by atoms with Crippen LogP contribution in [0.4, 0.5) is 0 Å². The molecule has 2 aliphatic heterocycles. The fourth-order valence-electron chi connectivity index (χ4n) is 5.33. The van der Waals surface area contributed by atoms with Gasteiger partial charge in [0.1, 0.15) is 0 Å². The molecule has 7 nitrogen and oxygen atoms in total. The predicted molar refractivity (Wildman–Crippen MR) is 127 cm³/mol. The number of carbonyl (C=O) groups excluding carboxylic acids is 2. The molecule has 2 heterocycles. The van der Waals surface area contributed by atoms with Crippen LogP contribution in [0.15, 0.2) is 23.1 Å². The van der Waals surface area contributed by atoms with Crippen molar-refractivity contribution in [3.05, 3.63) is 29.3 Å². The third-order valence-electron chi connectivity index (χ3n) is 7.50. The summed E-state index contributed by atoms with van der Waals surface area (Å²) in [7, 11) is -3.58. The molecule has 4 rings (SSSR count). The number of sulfonamides is 1. The summed E-state index contributed by atoms with van der Waals surface area (Å²) in [5.41, 5.74) is 1.24. The summed E-state index contributed by atoms with van der Waals surface area (Å²) in [6, 6.07) is 5.01. The van der Waals surface area contributed by atoms with Crippen molar-refractivity contribution in [1.82, 2.24) is 14.5 Å². The summed E-state index contributed by atoms with van der Waals surface area (Å²) in [5, 5.41) is 3.20. The Balaban J connectivity index is 1.38. The molecule has 1 aliphatic carbocycles. The fourth-order valence-corrected chi connectivity index (χ4v) is 6.87. The largest absolute Gasteiger partial charge is 0.353 e. The molecule has 182 valence electrons. The third kappa shape index (κ3) is 5.60. The Hall–Kier alpha value is -1.93. The molecule has 2 amide bonds. The van der Waals surface area contributed by atoms with E-state index in [1.54, 1.807) is 23.1 Å². The number of nitrogens with zero attached hydrogens (tertiary/aromatic N) is 2. The van der Waals surface area contributed by atoms with Gasteiger partial charge in [-0.1, -0.05) is 31.7 Å². The molecule has 1 aromatic rings. The second kappa shape index (κ2) is 10.6. The van der Waals surface area contributed by atoms with Gasteiger partial charge >= 0.3 is 0 Å². The number of piperidine rings is 2. The van der Waals surface area contributed by atoms with Gasteiger partial charge in [0.05, 0.1) is 4.90 Å². The van der Waals surface area contributed by atoms with E-state index in [9.17, 15) is 18.0 Å². The lowest BCUT2D eigenvalue weighted by Gasteiger charge is -2.34. The van der Waals surface area contributed by atoms with Crippen LogP contribution in [0.1, 0.15) is 80.1 Å². The van der Waals surface area contributed by atoms with Crippen LogP contribution in [0, 0.1) is 12.8 Å². The molecule has 3 aliphatic rings. The van der Waals surface area contributed by atoms with E-state index in [0.717, 1.165) is 63.4 Å². The van der Waals surface area contributed by atoms with E-state index >= 15 is 0 Å². The van der Waals surface area contributed by atoms with Crippen molar-refractivity contribution in [3.63, 3.8) is 0 Å². The van der Waals surface area contributed by atoms with Gasteiger partial charge in [-0.15, -0.1) is 0 Å². The summed E-state index contributed by atoms with van der Waals surface area (Å²) >= 11 is 0. The second-order valence-electron chi connectivity index (χ2n) is 9.85. The molecule has 3 fully saturated rings. The van der Waals surface area contributed by atoms with Crippen molar-refractivity contribution in [2.45, 2.75) is 82.1 Å². The molecule has 1 saturated carbocycles. The van der Waals surface area contributed by atoms with Crippen LogP contribution in [-0.4, -0.2) is 61.7 Å². The van der Waals surface area contributed by atoms with Crippen molar-refractivity contribution < 1.29 is 18.0 Å². The van der Waals surface area contributed by atoms with Crippen molar-refractivity contribution >= 4 is 21.8 Å². The van der Waals surface area contributed by atoms with Crippen LogP contribution in [0.25, 0.3) is 0 Å². The first-order valence-corrected chi connectivity index (χ1v) is 14.0. The Kier molecular flexibility index (Phi) is 7.74. The summed E-state index contributed by atoms with van der Waals surface area (Å²) in [4.78, 5) is 27.8. The third-order valence-corrected chi connectivity index (χ3v) is 9.39. The normalized spacial score (nSPS) is 21.7. The number of amides is 2. The van der Waals surface area contributed by atoms with Gasteiger partial charge in [0.25, 0.3) is 5.91 Å². The highest BCUT2D eigenvalue weighted by Crippen LogP contribution is 2.26. The molecule has 0 atom stereocenters. The van der Waals surface area contributed by atoms with Gasteiger partial charge in [-0.05, 0) is 63.1 Å². The van der Waals surface area contributed by atoms with E-state index in [4.69, 9.17) is 0 Å². The van der Waals surface area contributed by atoms with Crippen molar-refractivity contribution in [1.29, 1.82) is 0 Å². The van der Waals surface area contributed by atoms with E-state index in [-0.39, 0.29) is 28.7 Å². The molecule has 0 unspecified atom stereocenters. The second-order valence-corrected chi connectivity index (χ2v) is 11.8. The number of rotatable bonds is 5. The number of likely N-dealkylation sites (tertiary alicyclic amines) is 1. The van der Waals surface area contributed by atoms with Crippen molar-refractivity contribution in [2.24, 2.45) is 5.92 Å². The maximum absolute atomic E-state index is 13.3. The number of aryl methyl sites for hydroxylation is 1. The first kappa shape index (κ1) is 24.2. The van der Waals surface area contributed by atoms with Gasteiger partial charge < -0.3 is 10.2 Å². The molecule has 0 bridgehead atoms. The molecule has 33 heavy (non-hydrogen) atoms. The van der Waals surface area contributed by atoms with E-state index in [0.29, 0.717) is 31.7 Å². The lowest BCUT2D eigenvalue weighted by Crippen LogP contribution is -2.48. The van der Waals surface area contributed by atoms with E-state index in [1.807, 2.05) is 6.92 Å². The Bertz CT molecular complexity index is 958. The van der Waals surface area contributed by atoms with E-state index < -0.39 is 10.0 Å². The SMILES string of the molecule is Cc1ccc(S(=O)(=O)N2CCCCC2)cc1C(=O)N1CCC(NC(=O)C2CCCCC2)CC1. The van der Waals surface area contributed by atoms with Crippen LogP contribution in [0.3, 0.4) is 0 Å². The quantitative estimate of drug-likeness (QED) is 0.706. The standard InChI is InChI=1S/C25H37N3O4S/c1-19-10-11-22(33(31,32)28-14-6-3-7-15-28)18-23(19)25(30)27-16-12-21(13-17-27)26-24(29)20-8-4-2-5-9-20/h10-11,18,20-21H,2-9,12-17H2,1H3,(H,26,29). The smallest absolute Gasteiger partial charge is 0.254 e. The highest BCUT2D eigenvalue weighted by atomic mass is 32.2. The van der Waals surface area contributed by atoms with Gasteiger partial charge in [0.2, 0.25) is 15.9 Å². The molecule has 0 radical (unpaired) electrons. The fraction of sp³-hybridized carbons (Fsp3) is 0.680. The highest BCUT2D eigenvalue weighted by Gasteiger charge is 2.30. The zero-order valence-electron chi connectivity index (χ0n) is 19.7. The molecule has 2 saturated heterocycles. The summed E-state index contributed by atoms with van der Waals surface area (Å²) in [5.74, 6) is 0.192. The highest BCUT2D eigenvalue weighted by molar-refractivity contribution is 7.89. The van der Waals surface area contributed by atoms with Crippen LogP contribution in [-0.2, 0) is 14.8 Å². The Morgan fingerprint density at radius 3 is 2.18 bits per heavy atom. The number of benzene rings is 1. The van der Waals surface area contributed by atoms with E-state index in [1.165, 1.54) is 10.7 Å². The topological polar surface area (TPSA) is 86.8 Å². The zero-order chi connectivity index (χ0) is 23.4. The monoisotopic (exact) mass is 475 g/mol.